The van der Waals surface area contributed by atoms with Crippen LogP contribution in [0.3, 0.4) is 0 Å². The molecule has 0 aromatic heterocycles. The zero-order valence-corrected chi connectivity index (χ0v) is 14.1. The molecule has 0 radical (unpaired) electrons. The van der Waals surface area contributed by atoms with Crippen molar-refractivity contribution < 1.29 is 19.0 Å². The summed E-state index contributed by atoms with van der Waals surface area (Å²) in [5, 5.41) is 3.01. The first kappa shape index (κ1) is 16.2. The molecule has 0 fully saturated rings. The molecule has 0 spiro atoms. The summed E-state index contributed by atoms with van der Waals surface area (Å²) in [6.07, 6.45) is 0.849. The largest absolute Gasteiger partial charge is 0.493 e. The van der Waals surface area contributed by atoms with Gasteiger partial charge in [-0.25, -0.2) is 0 Å². The molecule has 24 heavy (non-hydrogen) atoms. The van der Waals surface area contributed by atoms with Gasteiger partial charge in [0.2, 0.25) is 5.75 Å². The van der Waals surface area contributed by atoms with E-state index < -0.39 is 0 Å². The van der Waals surface area contributed by atoms with E-state index in [2.05, 4.69) is 12.2 Å². The predicted molar refractivity (Wildman–Crippen MR) is 92.5 cm³/mol. The molecule has 1 heterocycles. The Morgan fingerprint density at radius 3 is 2.79 bits per heavy atom. The Morgan fingerprint density at radius 2 is 2.04 bits per heavy atom. The predicted octanol–water partition coefficient (Wildman–Crippen LogP) is 3.59. The molecule has 2 aromatic carbocycles. The van der Waals surface area contributed by atoms with Crippen molar-refractivity contribution in [3.63, 3.8) is 0 Å². The van der Waals surface area contributed by atoms with E-state index in [1.54, 1.807) is 19.2 Å². The number of aryl methyl sites for hydroxylation is 2. The minimum absolute atomic E-state index is 0.200. The molecular weight excluding hydrogens is 306 g/mol. The number of carbonyl (C=O) groups excluding carboxylic acids is 1. The van der Waals surface area contributed by atoms with Crippen molar-refractivity contribution in [1.82, 2.24) is 0 Å². The zero-order valence-electron chi connectivity index (χ0n) is 14.1. The summed E-state index contributed by atoms with van der Waals surface area (Å²) in [5.74, 6) is 1.38. The summed E-state index contributed by atoms with van der Waals surface area (Å²) in [6.45, 7) is 4.98. The van der Waals surface area contributed by atoms with E-state index in [1.807, 2.05) is 25.1 Å². The molecule has 5 heteroatoms. The first-order chi connectivity index (χ1) is 11.6. The Morgan fingerprint density at radius 1 is 1.25 bits per heavy atom. The molecular formula is C19H21NO4. The lowest BCUT2D eigenvalue weighted by molar-refractivity contribution is 0.102. The molecule has 0 atom stereocenters. The number of para-hydroxylation sites is 1. The molecule has 0 aliphatic carbocycles. The minimum atomic E-state index is -0.200. The van der Waals surface area contributed by atoms with Crippen molar-refractivity contribution in [2.75, 3.05) is 25.6 Å². The van der Waals surface area contributed by atoms with Crippen LogP contribution in [0.5, 0.6) is 17.2 Å². The van der Waals surface area contributed by atoms with Gasteiger partial charge in [0.05, 0.1) is 7.11 Å². The summed E-state index contributed by atoms with van der Waals surface area (Å²) >= 11 is 0. The second-order valence-corrected chi connectivity index (χ2v) is 5.62. The average Bonchev–Trinajstić information content (AvgIpc) is 2.62. The number of anilines is 1. The highest BCUT2D eigenvalue weighted by Gasteiger charge is 2.21. The van der Waals surface area contributed by atoms with Crippen LogP contribution >= 0.6 is 0 Å². The summed E-state index contributed by atoms with van der Waals surface area (Å²) in [6, 6.07) is 9.37. The normalized spacial score (nSPS) is 12.6. The molecule has 1 aliphatic rings. The third-order valence-electron chi connectivity index (χ3n) is 4.07. The highest BCUT2D eigenvalue weighted by molar-refractivity contribution is 6.05. The van der Waals surface area contributed by atoms with Gasteiger partial charge in [0.15, 0.2) is 11.5 Å². The Kier molecular flexibility index (Phi) is 4.60. The number of benzene rings is 2. The lowest BCUT2D eigenvalue weighted by Crippen LogP contribution is -2.18. The van der Waals surface area contributed by atoms with Crippen LogP contribution < -0.4 is 19.5 Å². The van der Waals surface area contributed by atoms with E-state index in [1.165, 1.54) is 0 Å². The molecule has 2 aromatic rings. The van der Waals surface area contributed by atoms with Gasteiger partial charge in [0.25, 0.3) is 5.91 Å². The fourth-order valence-electron chi connectivity index (χ4n) is 2.79. The lowest BCUT2D eigenvalue weighted by Gasteiger charge is -2.21. The van der Waals surface area contributed by atoms with E-state index in [9.17, 15) is 4.79 Å². The summed E-state index contributed by atoms with van der Waals surface area (Å²) in [4.78, 5) is 12.7. The molecule has 1 amide bonds. The highest BCUT2D eigenvalue weighted by Crippen LogP contribution is 2.40. The van der Waals surface area contributed by atoms with Crippen LogP contribution in [0.4, 0.5) is 5.69 Å². The van der Waals surface area contributed by atoms with Crippen molar-refractivity contribution in [1.29, 1.82) is 0 Å². The Labute approximate surface area is 141 Å². The van der Waals surface area contributed by atoms with Gasteiger partial charge in [-0.15, -0.1) is 0 Å². The van der Waals surface area contributed by atoms with E-state index in [0.717, 1.165) is 23.2 Å². The van der Waals surface area contributed by atoms with Crippen molar-refractivity contribution in [2.24, 2.45) is 0 Å². The number of carbonyl (C=O) groups is 1. The SMILES string of the molecule is CCc1cccc(C)c1NC(=O)c1cc(OC)c2c(c1)OCCO2. The Balaban J connectivity index is 1.94. The van der Waals surface area contributed by atoms with Crippen molar-refractivity contribution in [2.45, 2.75) is 20.3 Å². The maximum atomic E-state index is 12.7. The summed E-state index contributed by atoms with van der Waals surface area (Å²) < 4.78 is 16.5. The zero-order chi connectivity index (χ0) is 17.1. The van der Waals surface area contributed by atoms with Gasteiger partial charge in [-0.3, -0.25) is 4.79 Å². The van der Waals surface area contributed by atoms with Crippen LogP contribution in [-0.2, 0) is 6.42 Å². The molecule has 126 valence electrons. The molecule has 3 rings (SSSR count). The van der Waals surface area contributed by atoms with Gasteiger partial charge in [0.1, 0.15) is 13.2 Å². The summed E-state index contributed by atoms with van der Waals surface area (Å²) in [7, 11) is 1.55. The van der Waals surface area contributed by atoms with Crippen molar-refractivity contribution in [3.05, 3.63) is 47.0 Å². The number of rotatable bonds is 4. The van der Waals surface area contributed by atoms with E-state index >= 15 is 0 Å². The molecule has 0 saturated heterocycles. The number of amides is 1. The van der Waals surface area contributed by atoms with E-state index in [-0.39, 0.29) is 5.91 Å². The van der Waals surface area contributed by atoms with Crippen LogP contribution in [0, 0.1) is 6.92 Å². The number of fused-ring (bicyclic) bond motifs is 1. The number of nitrogens with one attached hydrogen (secondary N) is 1. The fourth-order valence-corrected chi connectivity index (χ4v) is 2.79. The lowest BCUT2D eigenvalue weighted by atomic mass is 10.1. The number of methoxy groups -OCH3 is 1. The monoisotopic (exact) mass is 327 g/mol. The van der Waals surface area contributed by atoms with Gasteiger partial charge >= 0.3 is 0 Å². The van der Waals surface area contributed by atoms with E-state index in [4.69, 9.17) is 14.2 Å². The van der Waals surface area contributed by atoms with Crippen molar-refractivity contribution >= 4 is 11.6 Å². The van der Waals surface area contributed by atoms with Crippen molar-refractivity contribution in [3.8, 4) is 17.2 Å². The molecule has 0 bridgehead atoms. The number of hydrogen-bond donors (Lipinski definition) is 1. The summed E-state index contributed by atoms with van der Waals surface area (Å²) in [5.41, 5.74) is 3.47. The maximum Gasteiger partial charge on any atom is 0.255 e. The molecule has 1 N–H and O–H groups in total. The first-order valence-electron chi connectivity index (χ1n) is 8.01. The molecule has 5 nitrogen and oxygen atoms in total. The number of hydrogen-bond acceptors (Lipinski definition) is 4. The molecule has 0 saturated carbocycles. The van der Waals surface area contributed by atoms with Crippen LogP contribution in [-0.4, -0.2) is 26.2 Å². The average molecular weight is 327 g/mol. The van der Waals surface area contributed by atoms with Crippen LogP contribution in [0.2, 0.25) is 0 Å². The quantitative estimate of drug-likeness (QED) is 0.932. The smallest absolute Gasteiger partial charge is 0.255 e. The number of ether oxygens (including phenoxy) is 3. The van der Waals surface area contributed by atoms with Crippen LogP contribution in [0.1, 0.15) is 28.4 Å². The van der Waals surface area contributed by atoms with Gasteiger partial charge in [0, 0.05) is 11.3 Å². The second-order valence-electron chi connectivity index (χ2n) is 5.62. The Hall–Kier alpha value is -2.69. The maximum absolute atomic E-state index is 12.7. The second kappa shape index (κ2) is 6.83. The first-order valence-corrected chi connectivity index (χ1v) is 8.01. The third kappa shape index (κ3) is 3.02. The molecule has 1 aliphatic heterocycles. The van der Waals surface area contributed by atoms with Gasteiger partial charge in [-0.2, -0.15) is 0 Å². The van der Waals surface area contributed by atoms with Crippen LogP contribution in [0.15, 0.2) is 30.3 Å². The van der Waals surface area contributed by atoms with E-state index in [0.29, 0.717) is 36.0 Å². The van der Waals surface area contributed by atoms with Gasteiger partial charge in [-0.05, 0) is 36.6 Å². The van der Waals surface area contributed by atoms with Gasteiger partial charge in [-0.1, -0.05) is 25.1 Å². The fraction of sp³-hybridized carbons (Fsp3) is 0.316. The third-order valence-corrected chi connectivity index (χ3v) is 4.07. The highest BCUT2D eigenvalue weighted by atomic mass is 16.6. The standard InChI is InChI=1S/C19H21NO4/c1-4-13-7-5-6-12(2)17(13)20-19(21)14-10-15(22-3)18-16(11-14)23-8-9-24-18/h5-7,10-11H,4,8-9H2,1-3H3,(H,20,21). The van der Waals surface area contributed by atoms with Gasteiger partial charge < -0.3 is 19.5 Å². The van der Waals surface area contributed by atoms with Crippen LogP contribution in [0.25, 0.3) is 0 Å². The topological polar surface area (TPSA) is 56.8 Å². The minimum Gasteiger partial charge on any atom is -0.493 e. The molecule has 0 unspecified atom stereocenters. The Bertz CT molecular complexity index is 753.